The lowest BCUT2D eigenvalue weighted by Gasteiger charge is -2.10. The smallest absolute Gasteiger partial charge is 0.225 e. The quantitative estimate of drug-likeness (QED) is 0.829. The fourth-order valence-corrected chi connectivity index (χ4v) is 1.97. The predicted octanol–water partition coefficient (Wildman–Crippen LogP) is 3.27. The minimum atomic E-state index is 0.624. The van der Waals surface area contributed by atoms with E-state index in [1.54, 1.807) is 18.6 Å². The Balaban J connectivity index is 2.24. The number of hydrogen-bond donors (Lipinski definition) is 0. The van der Waals surface area contributed by atoms with Gasteiger partial charge in [-0.25, -0.2) is 9.97 Å². The Labute approximate surface area is 132 Å². The lowest BCUT2D eigenvalue weighted by atomic mass is 10.2. The second kappa shape index (κ2) is 7.17. The molecule has 0 bridgehead atoms. The minimum absolute atomic E-state index is 0.624. The molecular formula is C15H17BrN4O. The summed E-state index contributed by atoms with van der Waals surface area (Å²) in [5.74, 6) is 1.43. The van der Waals surface area contributed by atoms with Gasteiger partial charge in [-0.15, -0.1) is 0 Å². The topological polar surface area (TPSA) is 51.1 Å². The Hall–Kier alpha value is -1.95. The van der Waals surface area contributed by atoms with Crippen molar-refractivity contribution in [1.82, 2.24) is 15.0 Å². The van der Waals surface area contributed by atoms with Crippen LogP contribution in [0.3, 0.4) is 0 Å². The minimum Gasteiger partial charge on any atom is -0.492 e. The van der Waals surface area contributed by atoms with E-state index in [1.807, 2.05) is 44.1 Å². The lowest BCUT2D eigenvalue weighted by molar-refractivity contribution is 0.339. The third kappa shape index (κ3) is 4.26. The molecule has 0 amide bonds. The van der Waals surface area contributed by atoms with E-state index in [2.05, 4.69) is 30.9 Å². The van der Waals surface area contributed by atoms with Crippen molar-refractivity contribution in [2.24, 2.45) is 0 Å². The van der Waals surface area contributed by atoms with Crippen LogP contribution in [0, 0.1) is 0 Å². The molecule has 0 unspecified atom stereocenters. The highest BCUT2D eigenvalue weighted by Crippen LogP contribution is 2.19. The van der Waals surface area contributed by atoms with Crippen molar-refractivity contribution in [1.29, 1.82) is 0 Å². The fraction of sp³-hybridized carbons (Fsp3) is 0.267. The van der Waals surface area contributed by atoms with Crippen LogP contribution in [0.1, 0.15) is 18.2 Å². The van der Waals surface area contributed by atoms with E-state index in [0.717, 1.165) is 21.5 Å². The standard InChI is InChI=1S/C15H17BrN4O/c1-4-21-12-7-11(8-17-9-12)5-6-14-13(16)10-18-15(19-14)20(2)3/h5-10H,4H2,1-3H3. The second-order valence-electron chi connectivity index (χ2n) is 4.52. The molecule has 0 aliphatic rings. The van der Waals surface area contributed by atoms with Crippen molar-refractivity contribution in [3.05, 3.63) is 40.4 Å². The molecule has 2 aromatic rings. The number of pyridine rings is 1. The molecule has 0 spiro atoms. The number of ether oxygens (including phenoxy) is 1. The molecule has 0 aromatic carbocycles. The third-order valence-electron chi connectivity index (χ3n) is 2.64. The average Bonchev–Trinajstić information content (AvgIpc) is 2.47. The summed E-state index contributed by atoms with van der Waals surface area (Å²) in [6, 6.07) is 1.94. The number of nitrogens with zero attached hydrogens (tertiary/aromatic N) is 4. The monoisotopic (exact) mass is 348 g/mol. The predicted molar refractivity (Wildman–Crippen MR) is 88.4 cm³/mol. The zero-order chi connectivity index (χ0) is 15.2. The van der Waals surface area contributed by atoms with E-state index >= 15 is 0 Å². The lowest BCUT2D eigenvalue weighted by Crippen LogP contribution is -2.13. The van der Waals surface area contributed by atoms with E-state index < -0.39 is 0 Å². The van der Waals surface area contributed by atoms with Gasteiger partial charge < -0.3 is 9.64 Å². The van der Waals surface area contributed by atoms with Gasteiger partial charge in [0.25, 0.3) is 0 Å². The Morgan fingerprint density at radius 2 is 2.05 bits per heavy atom. The normalized spacial score (nSPS) is 10.9. The van der Waals surface area contributed by atoms with Gasteiger partial charge in [-0.1, -0.05) is 6.08 Å². The van der Waals surface area contributed by atoms with Crippen LogP contribution < -0.4 is 9.64 Å². The summed E-state index contributed by atoms with van der Waals surface area (Å²) in [7, 11) is 3.82. The molecule has 6 heteroatoms. The third-order valence-corrected chi connectivity index (χ3v) is 3.25. The van der Waals surface area contributed by atoms with E-state index in [1.165, 1.54) is 0 Å². The van der Waals surface area contributed by atoms with Gasteiger partial charge in [0, 0.05) is 26.5 Å². The average molecular weight is 349 g/mol. The number of aromatic nitrogens is 3. The molecule has 5 nitrogen and oxygen atoms in total. The van der Waals surface area contributed by atoms with Crippen molar-refractivity contribution in [2.75, 3.05) is 25.6 Å². The van der Waals surface area contributed by atoms with Crippen molar-refractivity contribution in [3.8, 4) is 5.75 Å². The molecule has 0 aliphatic heterocycles. The summed E-state index contributed by atoms with van der Waals surface area (Å²) < 4.78 is 6.28. The Kier molecular flexibility index (Phi) is 5.27. The molecule has 0 radical (unpaired) electrons. The van der Waals surface area contributed by atoms with Crippen molar-refractivity contribution < 1.29 is 4.74 Å². The highest BCUT2D eigenvalue weighted by molar-refractivity contribution is 9.10. The molecule has 0 aliphatic carbocycles. The van der Waals surface area contributed by atoms with Gasteiger partial charge in [-0.05, 0) is 40.6 Å². The number of rotatable bonds is 5. The van der Waals surface area contributed by atoms with Crippen LogP contribution in [0.25, 0.3) is 12.2 Å². The van der Waals surface area contributed by atoms with Gasteiger partial charge in [-0.3, -0.25) is 4.98 Å². The molecule has 0 N–H and O–H groups in total. The first kappa shape index (κ1) is 15.4. The molecule has 0 saturated heterocycles. The van der Waals surface area contributed by atoms with Crippen LogP contribution in [-0.4, -0.2) is 35.7 Å². The van der Waals surface area contributed by atoms with Crippen LogP contribution in [0.5, 0.6) is 5.75 Å². The Bertz CT molecular complexity index is 643. The van der Waals surface area contributed by atoms with Gasteiger partial charge in [0.05, 0.1) is 23.0 Å². The van der Waals surface area contributed by atoms with E-state index in [0.29, 0.717) is 12.6 Å². The maximum atomic E-state index is 5.43. The highest BCUT2D eigenvalue weighted by Gasteiger charge is 2.04. The molecule has 0 saturated carbocycles. The summed E-state index contributed by atoms with van der Waals surface area (Å²) in [6.45, 7) is 2.57. The molecule has 2 rings (SSSR count). The van der Waals surface area contributed by atoms with Crippen molar-refractivity contribution in [3.63, 3.8) is 0 Å². The van der Waals surface area contributed by atoms with Gasteiger partial charge in [0.1, 0.15) is 5.75 Å². The number of hydrogen-bond acceptors (Lipinski definition) is 5. The molecule has 0 atom stereocenters. The molecule has 110 valence electrons. The van der Waals surface area contributed by atoms with Crippen LogP contribution in [0.4, 0.5) is 5.95 Å². The van der Waals surface area contributed by atoms with Crippen molar-refractivity contribution in [2.45, 2.75) is 6.92 Å². The molecule has 0 fully saturated rings. The van der Waals surface area contributed by atoms with Crippen LogP contribution in [0.2, 0.25) is 0 Å². The zero-order valence-electron chi connectivity index (χ0n) is 12.2. The highest BCUT2D eigenvalue weighted by atomic mass is 79.9. The van der Waals surface area contributed by atoms with Crippen molar-refractivity contribution >= 4 is 34.0 Å². The number of halogens is 1. The summed E-state index contributed by atoms with van der Waals surface area (Å²) in [5, 5.41) is 0. The summed E-state index contributed by atoms with van der Waals surface area (Å²) in [5.41, 5.74) is 1.77. The fourth-order valence-electron chi connectivity index (χ4n) is 1.65. The van der Waals surface area contributed by atoms with Crippen LogP contribution >= 0.6 is 15.9 Å². The SMILES string of the molecule is CCOc1cncc(C=Cc2nc(N(C)C)ncc2Br)c1. The van der Waals surface area contributed by atoms with Gasteiger partial charge in [-0.2, -0.15) is 0 Å². The first-order valence-corrected chi connectivity index (χ1v) is 7.35. The van der Waals surface area contributed by atoms with Crippen LogP contribution in [-0.2, 0) is 0 Å². The van der Waals surface area contributed by atoms with Gasteiger partial charge in [0.15, 0.2) is 0 Å². The van der Waals surface area contributed by atoms with E-state index in [4.69, 9.17) is 4.74 Å². The second-order valence-corrected chi connectivity index (χ2v) is 5.37. The zero-order valence-corrected chi connectivity index (χ0v) is 13.8. The summed E-state index contributed by atoms with van der Waals surface area (Å²) in [4.78, 5) is 14.7. The number of anilines is 1. The summed E-state index contributed by atoms with van der Waals surface area (Å²) >= 11 is 3.46. The van der Waals surface area contributed by atoms with Gasteiger partial charge >= 0.3 is 0 Å². The summed E-state index contributed by atoms with van der Waals surface area (Å²) in [6.07, 6.45) is 9.09. The molecule has 2 aromatic heterocycles. The Morgan fingerprint density at radius 3 is 2.76 bits per heavy atom. The first-order chi connectivity index (χ1) is 10.1. The van der Waals surface area contributed by atoms with Gasteiger partial charge in [0.2, 0.25) is 5.95 Å². The molecule has 2 heterocycles. The van der Waals surface area contributed by atoms with E-state index in [-0.39, 0.29) is 0 Å². The molecular weight excluding hydrogens is 332 g/mol. The largest absolute Gasteiger partial charge is 0.492 e. The first-order valence-electron chi connectivity index (χ1n) is 6.56. The van der Waals surface area contributed by atoms with E-state index in [9.17, 15) is 0 Å². The maximum Gasteiger partial charge on any atom is 0.225 e. The Morgan fingerprint density at radius 1 is 1.24 bits per heavy atom. The maximum absolute atomic E-state index is 5.43. The molecule has 21 heavy (non-hydrogen) atoms. The van der Waals surface area contributed by atoms with Crippen LogP contribution in [0.15, 0.2) is 29.1 Å².